The zero-order chi connectivity index (χ0) is 18.1. The van der Waals surface area contributed by atoms with Gasteiger partial charge in [-0.3, -0.25) is 4.79 Å². The van der Waals surface area contributed by atoms with Crippen molar-refractivity contribution in [2.75, 3.05) is 19.4 Å². The first-order valence-electron chi connectivity index (χ1n) is 6.93. The maximum absolute atomic E-state index is 13.7. The second kappa shape index (κ2) is 6.66. The summed E-state index contributed by atoms with van der Waals surface area (Å²) in [6.07, 6.45) is 0. The topological polar surface area (TPSA) is 66.5 Å². The Kier molecular flexibility index (Phi) is 5.00. The summed E-state index contributed by atoms with van der Waals surface area (Å²) in [5, 5.41) is 2.36. The number of sulfonamides is 1. The Hall–Kier alpha value is -2.32. The Balaban J connectivity index is 2.42. The third kappa shape index (κ3) is 3.44. The third-order valence-corrected chi connectivity index (χ3v) is 5.24. The highest BCUT2D eigenvalue weighted by atomic mass is 32.2. The number of halogens is 2. The molecule has 0 saturated heterocycles. The first-order valence-corrected chi connectivity index (χ1v) is 8.37. The second-order valence-electron chi connectivity index (χ2n) is 5.31. The summed E-state index contributed by atoms with van der Waals surface area (Å²) in [5.41, 5.74) is -0.0128. The number of rotatable bonds is 4. The van der Waals surface area contributed by atoms with E-state index in [2.05, 4.69) is 5.32 Å². The highest BCUT2D eigenvalue weighted by molar-refractivity contribution is 7.89. The average Bonchev–Trinajstić information content (AvgIpc) is 2.49. The van der Waals surface area contributed by atoms with Gasteiger partial charge in [0.2, 0.25) is 10.0 Å². The van der Waals surface area contributed by atoms with E-state index < -0.39 is 33.1 Å². The van der Waals surface area contributed by atoms with Gasteiger partial charge in [-0.05, 0) is 36.8 Å². The van der Waals surface area contributed by atoms with Crippen molar-refractivity contribution in [3.05, 3.63) is 59.2 Å². The van der Waals surface area contributed by atoms with Gasteiger partial charge in [-0.25, -0.2) is 21.5 Å². The van der Waals surface area contributed by atoms with E-state index in [4.69, 9.17) is 0 Å². The highest BCUT2D eigenvalue weighted by Gasteiger charge is 2.21. The molecule has 0 bridgehead atoms. The number of aryl methyl sites for hydroxylation is 1. The molecule has 0 aliphatic heterocycles. The van der Waals surface area contributed by atoms with Crippen LogP contribution in [0.1, 0.15) is 15.9 Å². The lowest BCUT2D eigenvalue weighted by Gasteiger charge is -2.14. The Bertz CT molecular complexity index is 876. The SMILES string of the molecule is Cc1ccc(S(=O)(=O)N(C)C)cc1NC(=O)c1c(F)cccc1F. The van der Waals surface area contributed by atoms with Gasteiger partial charge in [-0.1, -0.05) is 12.1 Å². The molecule has 1 amide bonds. The summed E-state index contributed by atoms with van der Waals surface area (Å²) >= 11 is 0. The quantitative estimate of drug-likeness (QED) is 0.918. The van der Waals surface area contributed by atoms with Gasteiger partial charge in [0.15, 0.2) is 0 Å². The maximum atomic E-state index is 13.7. The molecule has 8 heteroatoms. The van der Waals surface area contributed by atoms with Gasteiger partial charge in [-0.15, -0.1) is 0 Å². The van der Waals surface area contributed by atoms with Crippen LogP contribution in [0.2, 0.25) is 0 Å². The number of nitrogens with one attached hydrogen (secondary N) is 1. The lowest BCUT2D eigenvalue weighted by Crippen LogP contribution is -2.23. The number of hydrogen-bond acceptors (Lipinski definition) is 3. The molecule has 0 atom stereocenters. The van der Waals surface area contributed by atoms with Crippen molar-refractivity contribution in [3.63, 3.8) is 0 Å². The van der Waals surface area contributed by atoms with Crippen LogP contribution in [0, 0.1) is 18.6 Å². The normalized spacial score (nSPS) is 11.6. The number of carbonyl (C=O) groups is 1. The predicted octanol–water partition coefficient (Wildman–Crippen LogP) is 2.78. The molecule has 2 aromatic carbocycles. The van der Waals surface area contributed by atoms with E-state index >= 15 is 0 Å². The maximum Gasteiger partial charge on any atom is 0.261 e. The molecule has 0 unspecified atom stereocenters. The van der Waals surface area contributed by atoms with Gasteiger partial charge in [0.05, 0.1) is 4.90 Å². The van der Waals surface area contributed by atoms with Crippen molar-refractivity contribution < 1.29 is 22.0 Å². The number of hydrogen-bond donors (Lipinski definition) is 1. The molecule has 0 aromatic heterocycles. The Morgan fingerprint density at radius 3 is 2.21 bits per heavy atom. The molecule has 128 valence electrons. The van der Waals surface area contributed by atoms with Crippen LogP contribution in [0.5, 0.6) is 0 Å². The first kappa shape index (κ1) is 18.0. The fraction of sp³-hybridized carbons (Fsp3) is 0.188. The summed E-state index contributed by atoms with van der Waals surface area (Å²) < 4.78 is 52.7. The van der Waals surface area contributed by atoms with Gasteiger partial charge < -0.3 is 5.32 Å². The van der Waals surface area contributed by atoms with Crippen LogP contribution in [0.4, 0.5) is 14.5 Å². The summed E-state index contributed by atoms with van der Waals surface area (Å²) in [4.78, 5) is 12.1. The first-order chi connectivity index (χ1) is 11.1. The number of benzene rings is 2. The van der Waals surface area contributed by atoms with Crippen LogP contribution in [-0.4, -0.2) is 32.7 Å². The number of amides is 1. The van der Waals surface area contributed by atoms with Gasteiger partial charge in [0.1, 0.15) is 17.2 Å². The van der Waals surface area contributed by atoms with Crippen molar-refractivity contribution in [3.8, 4) is 0 Å². The molecule has 2 rings (SSSR count). The zero-order valence-electron chi connectivity index (χ0n) is 13.3. The van der Waals surface area contributed by atoms with Crippen molar-refractivity contribution in [1.29, 1.82) is 0 Å². The second-order valence-corrected chi connectivity index (χ2v) is 7.47. The number of carbonyl (C=O) groups excluding carboxylic acids is 1. The standard InChI is InChI=1S/C16H16F2N2O3S/c1-10-7-8-11(24(22,23)20(2)3)9-14(10)19-16(21)15-12(17)5-4-6-13(15)18/h4-9H,1-3H3,(H,19,21). The van der Waals surface area contributed by atoms with Crippen molar-refractivity contribution in [1.82, 2.24) is 4.31 Å². The molecule has 0 aliphatic carbocycles. The molecule has 0 radical (unpaired) electrons. The Morgan fingerprint density at radius 1 is 1.08 bits per heavy atom. The fourth-order valence-corrected chi connectivity index (χ4v) is 2.94. The zero-order valence-corrected chi connectivity index (χ0v) is 14.1. The minimum Gasteiger partial charge on any atom is -0.322 e. The monoisotopic (exact) mass is 354 g/mol. The molecule has 0 spiro atoms. The summed E-state index contributed by atoms with van der Waals surface area (Å²) in [7, 11) is -0.945. The Morgan fingerprint density at radius 2 is 1.67 bits per heavy atom. The lowest BCUT2D eigenvalue weighted by atomic mass is 10.1. The molecule has 2 aromatic rings. The van der Waals surface area contributed by atoms with E-state index in [9.17, 15) is 22.0 Å². The van der Waals surface area contributed by atoms with Crippen molar-refractivity contribution >= 4 is 21.6 Å². The highest BCUT2D eigenvalue weighted by Crippen LogP contribution is 2.23. The van der Waals surface area contributed by atoms with E-state index in [1.54, 1.807) is 6.92 Å². The van der Waals surface area contributed by atoms with Crippen LogP contribution < -0.4 is 5.32 Å². The van der Waals surface area contributed by atoms with E-state index in [1.807, 2.05) is 0 Å². The van der Waals surface area contributed by atoms with Crippen molar-refractivity contribution in [2.24, 2.45) is 0 Å². The molecule has 24 heavy (non-hydrogen) atoms. The number of nitrogens with zero attached hydrogens (tertiary/aromatic N) is 1. The molecule has 0 fully saturated rings. The molecule has 5 nitrogen and oxygen atoms in total. The largest absolute Gasteiger partial charge is 0.322 e. The van der Waals surface area contributed by atoms with Gasteiger partial charge in [-0.2, -0.15) is 0 Å². The summed E-state index contributed by atoms with van der Waals surface area (Å²) in [6, 6.07) is 7.24. The molecule has 0 heterocycles. The lowest BCUT2D eigenvalue weighted by molar-refractivity contribution is 0.101. The van der Waals surface area contributed by atoms with E-state index in [-0.39, 0.29) is 10.6 Å². The van der Waals surface area contributed by atoms with Crippen LogP contribution in [0.3, 0.4) is 0 Å². The van der Waals surface area contributed by atoms with Crippen molar-refractivity contribution in [2.45, 2.75) is 11.8 Å². The summed E-state index contributed by atoms with van der Waals surface area (Å²) in [6.45, 7) is 1.64. The molecular weight excluding hydrogens is 338 g/mol. The minimum atomic E-state index is -3.70. The predicted molar refractivity (Wildman–Crippen MR) is 86.4 cm³/mol. The van der Waals surface area contributed by atoms with Crippen LogP contribution in [-0.2, 0) is 10.0 Å². The van der Waals surface area contributed by atoms with E-state index in [0.29, 0.717) is 5.56 Å². The minimum absolute atomic E-state index is 0.0394. The average molecular weight is 354 g/mol. The number of anilines is 1. The van der Waals surface area contributed by atoms with Gasteiger partial charge in [0.25, 0.3) is 5.91 Å². The van der Waals surface area contributed by atoms with E-state index in [0.717, 1.165) is 22.5 Å². The van der Waals surface area contributed by atoms with Gasteiger partial charge >= 0.3 is 0 Å². The molecule has 0 saturated carbocycles. The summed E-state index contributed by atoms with van der Waals surface area (Å²) in [5.74, 6) is -2.99. The molecule has 0 aliphatic rings. The fourth-order valence-electron chi connectivity index (χ4n) is 2.01. The van der Waals surface area contributed by atoms with Gasteiger partial charge in [0, 0.05) is 19.8 Å². The Labute approximate surface area is 139 Å². The van der Waals surface area contributed by atoms with Crippen LogP contribution in [0.15, 0.2) is 41.3 Å². The van der Waals surface area contributed by atoms with E-state index in [1.165, 1.54) is 32.3 Å². The molecule has 1 N–H and O–H groups in total. The third-order valence-electron chi connectivity index (χ3n) is 3.43. The smallest absolute Gasteiger partial charge is 0.261 e. The van der Waals surface area contributed by atoms with Crippen LogP contribution >= 0.6 is 0 Å². The molecular formula is C16H16F2N2O3S. The van der Waals surface area contributed by atoms with Crippen LogP contribution in [0.25, 0.3) is 0 Å².